The molecule has 2 saturated heterocycles. The third-order valence-corrected chi connectivity index (χ3v) is 18.1. The summed E-state index contributed by atoms with van der Waals surface area (Å²) in [5.41, 5.74) is 8.87. The molecule has 4 aliphatic rings. The van der Waals surface area contributed by atoms with Gasteiger partial charge in [0.2, 0.25) is 0 Å². The molecule has 470 valence electrons. The molecule has 12 heteroatoms. The minimum absolute atomic E-state index is 0.0930. The first kappa shape index (κ1) is 64.0. The Kier molecular flexibility index (Phi) is 24.5. The maximum atomic E-state index is 13.1. The summed E-state index contributed by atoms with van der Waals surface area (Å²) >= 11 is 0. The van der Waals surface area contributed by atoms with E-state index in [1.807, 2.05) is 115 Å². The van der Waals surface area contributed by atoms with Crippen molar-refractivity contribution in [1.82, 2.24) is 0 Å². The average molecular weight is 1210 g/mol. The highest BCUT2D eigenvalue weighted by Crippen LogP contribution is 2.50. The standard InChI is InChI=1S/C77H90O12/c1-2-3-10-37-64(87-77-73(83-51-60-32-19-8-20-33-60)46-72(82-50-59-30-17-7-18-31-59)74(89-77)54-80-48-57-26-13-5-14-27-57)39-40-67-68-41-62-36-23-38-70(84-55-75(78)85-52-61-34-21-9-22-35-61)69(62)42-63(68)43-71(67)88-76-45-65(81-49-58-28-15-6-16-29-58)44-66(86-76)53-79-47-56-24-11-4-12-25-56/h4-9,11-36,38,63-68,71-74,76-77H,2-3,10,37,39-55H2,1H3/t63?,64?,65-,66-,67-,68?,71-,72-,73+,74+,76?,77?/m0/s1. The molecular weight excluding hydrogens is 1120 g/mol. The van der Waals surface area contributed by atoms with Gasteiger partial charge in [0.25, 0.3) is 0 Å². The Balaban J connectivity index is 0.841. The van der Waals surface area contributed by atoms with Crippen LogP contribution >= 0.6 is 0 Å². The van der Waals surface area contributed by atoms with Crippen molar-refractivity contribution in [1.29, 1.82) is 0 Å². The Morgan fingerprint density at radius 3 is 1.69 bits per heavy atom. The third kappa shape index (κ3) is 19.5. The molecule has 7 aromatic rings. The summed E-state index contributed by atoms with van der Waals surface area (Å²) in [5, 5.41) is 0. The first-order chi connectivity index (χ1) is 43.9. The number of carbonyl (C=O) groups excluding carboxylic acids is 1. The first-order valence-electron chi connectivity index (χ1n) is 32.7. The van der Waals surface area contributed by atoms with Crippen molar-refractivity contribution in [2.75, 3.05) is 19.8 Å². The summed E-state index contributed by atoms with van der Waals surface area (Å²) in [6, 6.07) is 67.6. The predicted octanol–water partition coefficient (Wildman–Crippen LogP) is 15.1. The van der Waals surface area contributed by atoms with Crippen LogP contribution in [0.15, 0.2) is 200 Å². The summed E-state index contributed by atoms with van der Waals surface area (Å²) in [5.74, 6) is 1.13. The lowest BCUT2D eigenvalue weighted by molar-refractivity contribution is -0.302. The molecule has 0 bridgehead atoms. The van der Waals surface area contributed by atoms with Crippen molar-refractivity contribution in [3.05, 3.63) is 245 Å². The monoisotopic (exact) mass is 1210 g/mol. The van der Waals surface area contributed by atoms with Crippen molar-refractivity contribution in [2.24, 2.45) is 17.8 Å². The zero-order valence-electron chi connectivity index (χ0n) is 51.7. The Bertz CT molecular complexity index is 3120. The number of esters is 1. The van der Waals surface area contributed by atoms with E-state index in [1.54, 1.807) is 0 Å². The Labute approximate surface area is 527 Å². The van der Waals surface area contributed by atoms with Crippen LogP contribution in [-0.4, -0.2) is 81.1 Å². The fourth-order valence-electron chi connectivity index (χ4n) is 13.4. The average Bonchev–Trinajstić information content (AvgIpc) is 2.67. The number of ether oxygens (including phenoxy) is 11. The number of fused-ring (bicyclic) bond motifs is 2. The van der Waals surface area contributed by atoms with Gasteiger partial charge in [0.1, 0.15) is 24.6 Å². The zero-order valence-corrected chi connectivity index (χ0v) is 51.7. The first-order valence-corrected chi connectivity index (χ1v) is 32.7. The van der Waals surface area contributed by atoms with E-state index in [-0.39, 0.29) is 49.7 Å². The third-order valence-electron chi connectivity index (χ3n) is 18.1. The van der Waals surface area contributed by atoms with E-state index in [9.17, 15) is 4.79 Å². The van der Waals surface area contributed by atoms with Crippen LogP contribution in [0.1, 0.15) is 116 Å². The quantitative estimate of drug-likeness (QED) is 0.0288. The number of hydrogen-bond acceptors (Lipinski definition) is 12. The lowest BCUT2D eigenvalue weighted by Crippen LogP contribution is -2.52. The molecule has 12 atom stereocenters. The molecule has 2 aliphatic heterocycles. The molecule has 2 heterocycles. The van der Waals surface area contributed by atoms with Crippen LogP contribution in [0.4, 0.5) is 0 Å². The summed E-state index contributed by atoms with van der Waals surface area (Å²) in [6.07, 6.45) is 7.31. The second kappa shape index (κ2) is 34.0. The van der Waals surface area contributed by atoms with Gasteiger partial charge >= 0.3 is 5.97 Å². The van der Waals surface area contributed by atoms with Crippen LogP contribution in [0.3, 0.4) is 0 Å². The molecule has 7 aromatic carbocycles. The Hall–Kier alpha value is -6.55. The van der Waals surface area contributed by atoms with Gasteiger partial charge in [0.05, 0.1) is 76.8 Å². The lowest BCUT2D eigenvalue weighted by atomic mass is 9.73. The SMILES string of the molecule is CCCCCC(CC[C@H]1C2Cc3cccc(OCC(=O)OCc4ccccc4)c3CC2C[C@@H]1OC1C[C@@H](OCc2ccccc2)C[C@@H](COCc2ccccc2)O1)OC1O[C@H](COCc2ccccc2)[C@@H](OCc2ccccc2)C[C@H]1OCc1ccccc1. The maximum Gasteiger partial charge on any atom is 0.344 e. The number of hydrogen-bond donors (Lipinski definition) is 0. The van der Waals surface area contributed by atoms with Gasteiger partial charge in [-0.05, 0) is 107 Å². The van der Waals surface area contributed by atoms with E-state index in [2.05, 4.69) is 91.9 Å². The molecule has 0 amide bonds. The van der Waals surface area contributed by atoms with Crippen LogP contribution in [-0.2, 0) is 105 Å². The molecular formula is C77H90O12. The molecule has 0 N–H and O–H groups in total. The molecule has 0 spiro atoms. The van der Waals surface area contributed by atoms with Gasteiger partial charge in [-0.25, -0.2) is 4.79 Å². The molecule has 5 unspecified atom stereocenters. The van der Waals surface area contributed by atoms with Gasteiger partial charge in [-0.1, -0.05) is 220 Å². The highest BCUT2D eigenvalue weighted by molar-refractivity contribution is 5.71. The van der Waals surface area contributed by atoms with E-state index in [0.717, 1.165) is 102 Å². The topological polar surface area (TPSA) is 119 Å². The molecule has 2 aliphatic carbocycles. The summed E-state index contributed by atoms with van der Waals surface area (Å²) in [4.78, 5) is 13.1. The fraction of sp³-hybridized carbons (Fsp3) is 0.442. The molecule has 0 radical (unpaired) electrons. The van der Waals surface area contributed by atoms with Crippen LogP contribution < -0.4 is 4.74 Å². The molecule has 12 nitrogen and oxygen atoms in total. The van der Waals surface area contributed by atoms with Gasteiger partial charge < -0.3 is 52.1 Å². The van der Waals surface area contributed by atoms with Crippen molar-refractivity contribution >= 4 is 5.97 Å². The van der Waals surface area contributed by atoms with E-state index in [4.69, 9.17) is 52.1 Å². The minimum atomic E-state index is -0.671. The fourth-order valence-corrected chi connectivity index (χ4v) is 13.4. The van der Waals surface area contributed by atoms with Crippen LogP contribution in [0.5, 0.6) is 5.75 Å². The summed E-state index contributed by atoms with van der Waals surface area (Å²) in [6.45, 7) is 5.34. The highest BCUT2D eigenvalue weighted by Gasteiger charge is 2.49. The summed E-state index contributed by atoms with van der Waals surface area (Å²) < 4.78 is 74.3. The Morgan fingerprint density at radius 1 is 0.517 bits per heavy atom. The largest absolute Gasteiger partial charge is 0.482 e. The van der Waals surface area contributed by atoms with Crippen LogP contribution in [0, 0.1) is 17.8 Å². The minimum Gasteiger partial charge on any atom is -0.482 e. The Morgan fingerprint density at radius 2 is 1.08 bits per heavy atom. The zero-order chi connectivity index (χ0) is 60.7. The molecule has 3 fully saturated rings. The van der Waals surface area contributed by atoms with Gasteiger partial charge in [-0.15, -0.1) is 0 Å². The van der Waals surface area contributed by atoms with Crippen molar-refractivity contribution < 1.29 is 56.9 Å². The van der Waals surface area contributed by atoms with Gasteiger partial charge in [-0.2, -0.15) is 0 Å². The van der Waals surface area contributed by atoms with E-state index >= 15 is 0 Å². The maximum absolute atomic E-state index is 13.1. The normalized spacial score (nSPS) is 24.3. The van der Waals surface area contributed by atoms with Crippen molar-refractivity contribution in [3.63, 3.8) is 0 Å². The smallest absolute Gasteiger partial charge is 0.344 e. The van der Waals surface area contributed by atoms with Gasteiger partial charge in [0, 0.05) is 19.3 Å². The number of rotatable bonds is 33. The molecule has 89 heavy (non-hydrogen) atoms. The predicted molar refractivity (Wildman–Crippen MR) is 342 cm³/mol. The number of carbonyl (C=O) groups is 1. The van der Waals surface area contributed by atoms with E-state index in [1.165, 1.54) is 5.56 Å². The second-order valence-corrected chi connectivity index (χ2v) is 24.6. The second-order valence-electron chi connectivity index (χ2n) is 24.6. The number of benzene rings is 7. The number of unbranched alkanes of at least 4 members (excludes halogenated alkanes) is 2. The molecule has 0 aromatic heterocycles. The summed E-state index contributed by atoms with van der Waals surface area (Å²) in [7, 11) is 0. The van der Waals surface area contributed by atoms with Crippen LogP contribution in [0.25, 0.3) is 0 Å². The van der Waals surface area contributed by atoms with Crippen molar-refractivity contribution in [2.45, 2.75) is 179 Å². The van der Waals surface area contributed by atoms with Crippen LogP contribution in [0.2, 0.25) is 0 Å². The highest BCUT2D eigenvalue weighted by atomic mass is 16.7. The van der Waals surface area contributed by atoms with Crippen molar-refractivity contribution in [3.8, 4) is 5.75 Å². The van der Waals surface area contributed by atoms with E-state index < -0.39 is 30.8 Å². The van der Waals surface area contributed by atoms with Gasteiger partial charge in [0.15, 0.2) is 19.2 Å². The lowest BCUT2D eigenvalue weighted by Gasteiger charge is -2.42. The van der Waals surface area contributed by atoms with E-state index in [0.29, 0.717) is 77.3 Å². The van der Waals surface area contributed by atoms with Gasteiger partial charge in [-0.3, -0.25) is 0 Å². The molecule has 1 saturated carbocycles. The molecule has 11 rings (SSSR count).